The molecule has 5 heterocycles. The maximum Gasteiger partial charge on any atom is 0.344 e. The number of ether oxygens (including phenoxy) is 9. The van der Waals surface area contributed by atoms with E-state index in [9.17, 15) is 55.5 Å². The molecule has 2 aromatic carbocycles. The summed E-state index contributed by atoms with van der Waals surface area (Å²) in [7, 11) is 3.55. The molecule has 0 amide bonds. The van der Waals surface area contributed by atoms with Gasteiger partial charge >= 0.3 is 11.3 Å². The van der Waals surface area contributed by atoms with Crippen molar-refractivity contribution < 1.29 is 97.4 Å². The molecule has 22 nitrogen and oxygen atoms in total. The molecule has 0 radical (unpaired) electrons. The van der Waals surface area contributed by atoms with Crippen LogP contribution in [-0.4, -0.2) is 167 Å². The molecule has 3 aliphatic rings. The molecular formula is C33H38O22. The van der Waals surface area contributed by atoms with Crippen molar-refractivity contribution in [2.24, 2.45) is 0 Å². The summed E-state index contributed by atoms with van der Waals surface area (Å²) in [6.07, 6.45) is -23.9. The molecule has 22 heteroatoms. The number of hydrogen-bond acceptors (Lipinski definition) is 22. The van der Waals surface area contributed by atoms with Crippen LogP contribution in [0.2, 0.25) is 0 Å². The fourth-order valence-corrected chi connectivity index (χ4v) is 6.99. The van der Waals surface area contributed by atoms with Gasteiger partial charge in [0.2, 0.25) is 17.8 Å². The van der Waals surface area contributed by atoms with Crippen LogP contribution in [0.1, 0.15) is 0 Å². The highest BCUT2D eigenvalue weighted by atomic mass is 16.8. The van der Waals surface area contributed by atoms with Gasteiger partial charge in [-0.15, -0.1) is 0 Å². The number of phenolic OH excluding ortho intramolecular Hbond substituents is 1. The third kappa shape index (κ3) is 6.42. The predicted octanol–water partition coefficient (Wildman–Crippen LogP) is -3.71. The van der Waals surface area contributed by atoms with Crippen LogP contribution in [0.3, 0.4) is 0 Å². The summed E-state index contributed by atoms with van der Waals surface area (Å²) < 4.78 is 61.3. The number of aliphatic hydroxyl groups excluding tert-OH is 8. The Hall–Kier alpha value is -3.98. The quantitative estimate of drug-likeness (QED) is 0.0522. The van der Waals surface area contributed by atoms with Crippen molar-refractivity contribution in [2.75, 3.05) is 34.5 Å². The van der Waals surface area contributed by atoms with E-state index in [1.165, 1.54) is 20.3 Å². The van der Waals surface area contributed by atoms with Gasteiger partial charge in [-0.1, -0.05) is 0 Å². The molecule has 3 saturated heterocycles. The fourth-order valence-electron chi connectivity index (χ4n) is 6.99. The number of rotatable bonds is 11. The first kappa shape index (κ1) is 39.3. The number of aromatic hydroxyl groups is 1. The van der Waals surface area contributed by atoms with E-state index in [1.54, 1.807) is 0 Å². The molecule has 4 aromatic rings. The molecule has 0 saturated carbocycles. The first-order valence-electron chi connectivity index (χ1n) is 16.7. The lowest BCUT2D eigenvalue weighted by atomic mass is 9.98. The molecule has 0 spiro atoms. The number of methoxy groups -OCH3 is 3. The summed E-state index contributed by atoms with van der Waals surface area (Å²) in [6, 6.07) is 2.26. The Balaban J connectivity index is 1.19. The largest absolute Gasteiger partial charge is 0.504 e. The topological polar surface area (TPSA) is 326 Å². The Morgan fingerprint density at radius 2 is 1.11 bits per heavy atom. The highest BCUT2D eigenvalue weighted by Crippen LogP contribution is 2.46. The van der Waals surface area contributed by atoms with Gasteiger partial charge in [-0.3, -0.25) is 0 Å². The number of benzene rings is 2. The van der Waals surface area contributed by atoms with Gasteiger partial charge in [-0.2, -0.15) is 0 Å². The Bertz CT molecular complexity index is 2110. The van der Waals surface area contributed by atoms with Crippen molar-refractivity contribution in [3.63, 3.8) is 0 Å². The van der Waals surface area contributed by atoms with Gasteiger partial charge in [0.15, 0.2) is 47.6 Å². The highest BCUT2D eigenvalue weighted by molar-refractivity contribution is 6.22. The minimum Gasteiger partial charge on any atom is -0.504 e. The maximum absolute atomic E-state index is 13.3. The van der Waals surface area contributed by atoms with E-state index in [-0.39, 0.29) is 50.0 Å². The average Bonchev–Trinajstić information content (AvgIpc) is 3.46. The third-order valence-electron chi connectivity index (χ3n) is 9.79. The fraction of sp³-hybridized carbons (Fsp3) is 0.576. The smallest absolute Gasteiger partial charge is 0.344 e. The Kier molecular flexibility index (Phi) is 10.8. The lowest BCUT2D eigenvalue weighted by Crippen LogP contribution is -2.65. The number of aliphatic hydroxyl groups is 8. The molecular weight excluding hydrogens is 748 g/mol. The second-order valence-electron chi connectivity index (χ2n) is 12.9. The zero-order chi connectivity index (χ0) is 39.6. The summed E-state index contributed by atoms with van der Waals surface area (Å²) in [4.78, 5) is 26.5. The number of hydrogen-bond donors (Lipinski definition) is 9. The predicted molar refractivity (Wildman–Crippen MR) is 176 cm³/mol. The van der Waals surface area contributed by atoms with Crippen LogP contribution in [0, 0.1) is 0 Å². The normalized spacial score (nSPS) is 35.5. The second-order valence-corrected chi connectivity index (χ2v) is 12.9. The molecule has 302 valence electrons. The first-order chi connectivity index (χ1) is 26.3. The van der Waals surface area contributed by atoms with Gasteiger partial charge in [0.25, 0.3) is 0 Å². The lowest BCUT2D eigenvalue weighted by Gasteiger charge is -2.46. The molecule has 2 aromatic heterocycles. The van der Waals surface area contributed by atoms with Crippen LogP contribution in [0.4, 0.5) is 0 Å². The standard InChI is InChI=1S/C33H38O22/c1-45-22-10(36)4-8-14-15-9(29(44)51-24(14)22)5-11(23(46-2)25(15)52-28(8)43)48-33-26(17(38)13(7-35)50-33)53-31-21(42)19(40)27(32(47-3)55-31)54-30-20(41)18(39)16(37)12(6-34)49-30/h4-5,12-13,16-21,26-27,30-42H,6-7H2,1-3H3/t12-,13+,16-,17+,18+,19-,20-,21-,26-,27+,30+,31-,32+,33-/m1/s1. The van der Waals surface area contributed by atoms with E-state index in [2.05, 4.69) is 0 Å². The summed E-state index contributed by atoms with van der Waals surface area (Å²) in [5.41, 5.74) is -2.46. The van der Waals surface area contributed by atoms with Crippen LogP contribution in [0.15, 0.2) is 30.6 Å². The SMILES string of the molecule is COc1c(O)cc2c(=O)oc3c(OC)c(O[C@@H]4O[C@@H](CO)[C@H](O)[C@H]4O[C@@H]4O[C@H](OC)[C@@H](O[C@@H]5O[C@H](CO)[C@@H](O)[C@H](O)[C@H]5O)[C@H](O)[C@H]4O)cc4c(=O)oc1c2c34. The van der Waals surface area contributed by atoms with Crippen molar-refractivity contribution in [1.29, 1.82) is 0 Å². The van der Waals surface area contributed by atoms with Crippen LogP contribution in [0.5, 0.6) is 23.0 Å². The van der Waals surface area contributed by atoms with Crippen molar-refractivity contribution in [3.05, 3.63) is 33.0 Å². The maximum atomic E-state index is 13.3. The van der Waals surface area contributed by atoms with Crippen LogP contribution in [0.25, 0.3) is 32.7 Å². The zero-order valence-corrected chi connectivity index (χ0v) is 29.0. The Morgan fingerprint density at radius 1 is 0.600 bits per heavy atom. The highest BCUT2D eigenvalue weighted by Gasteiger charge is 2.54. The summed E-state index contributed by atoms with van der Waals surface area (Å²) in [6.45, 7) is -1.54. The number of phenols is 1. The molecule has 0 aliphatic carbocycles. The van der Waals surface area contributed by atoms with Crippen molar-refractivity contribution in [2.45, 2.75) is 86.2 Å². The van der Waals surface area contributed by atoms with Crippen molar-refractivity contribution >= 4 is 32.7 Å². The Labute approximate surface area is 306 Å². The van der Waals surface area contributed by atoms with Crippen molar-refractivity contribution in [3.8, 4) is 23.0 Å². The van der Waals surface area contributed by atoms with Crippen LogP contribution < -0.4 is 25.5 Å². The van der Waals surface area contributed by atoms with Gasteiger partial charge < -0.3 is 97.4 Å². The van der Waals surface area contributed by atoms with Crippen LogP contribution in [-0.2, 0) is 28.4 Å². The van der Waals surface area contributed by atoms with Gasteiger partial charge in [-0.05, 0) is 12.1 Å². The molecule has 3 fully saturated rings. The van der Waals surface area contributed by atoms with Gasteiger partial charge in [0.05, 0.1) is 38.2 Å². The lowest BCUT2D eigenvalue weighted by molar-refractivity contribution is -0.393. The molecule has 55 heavy (non-hydrogen) atoms. The molecule has 0 bridgehead atoms. The first-order valence-corrected chi connectivity index (χ1v) is 16.7. The van der Waals surface area contributed by atoms with Gasteiger partial charge in [-0.25, -0.2) is 9.59 Å². The summed E-state index contributed by atoms with van der Waals surface area (Å²) in [5.74, 6) is -1.27. The average molecular weight is 787 g/mol. The minimum atomic E-state index is -2.00. The van der Waals surface area contributed by atoms with E-state index < -0.39 is 116 Å². The van der Waals surface area contributed by atoms with E-state index >= 15 is 0 Å². The second kappa shape index (κ2) is 15.2. The summed E-state index contributed by atoms with van der Waals surface area (Å²) in [5, 5.41) is 93.7. The van der Waals surface area contributed by atoms with Gasteiger partial charge in [0.1, 0.15) is 54.9 Å². The molecule has 7 rings (SSSR count). The third-order valence-corrected chi connectivity index (χ3v) is 9.79. The summed E-state index contributed by atoms with van der Waals surface area (Å²) >= 11 is 0. The van der Waals surface area contributed by atoms with Gasteiger partial charge in [0, 0.05) is 17.9 Å². The minimum absolute atomic E-state index is 0.0515. The van der Waals surface area contributed by atoms with E-state index in [0.29, 0.717) is 0 Å². The van der Waals surface area contributed by atoms with Crippen LogP contribution >= 0.6 is 0 Å². The molecule has 0 unspecified atom stereocenters. The zero-order valence-electron chi connectivity index (χ0n) is 29.0. The molecule has 3 aliphatic heterocycles. The Morgan fingerprint density at radius 3 is 1.69 bits per heavy atom. The monoisotopic (exact) mass is 786 g/mol. The van der Waals surface area contributed by atoms with E-state index in [4.69, 9.17) is 51.5 Å². The van der Waals surface area contributed by atoms with E-state index in [0.717, 1.165) is 13.2 Å². The molecule has 9 N–H and O–H groups in total. The molecule has 14 atom stereocenters. The van der Waals surface area contributed by atoms with E-state index in [1.807, 2.05) is 0 Å². The van der Waals surface area contributed by atoms with Crippen molar-refractivity contribution in [1.82, 2.24) is 0 Å².